The molecule has 0 aliphatic carbocycles. The molecule has 0 saturated carbocycles. The van der Waals surface area contributed by atoms with Gasteiger partial charge in [-0.25, -0.2) is 0 Å². The molecule has 15 aromatic rings. The molecule has 7 aliphatic rings. The van der Waals surface area contributed by atoms with Crippen LogP contribution >= 0.6 is 0 Å². The molecule has 0 aromatic heterocycles. The highest BCUT2D eigenvalue weighted by molar-refractivity contribution is 7.06. The second-order valence-corrected chi connectivity index (χ2v) is 49.2. The molecule has 0 N–H and O–H groups in total. The molecule has 15 aromatic carbocycles. The monoisotopic (exact) mass is 1760 g/mol. The molecule has 0 saturated heterocycles. The van der Waals surface area contributed by atoms with Gasteiger partial charge in [-0.2, -0.15) is 0 Å². The molecule has 672 valence electrons. The third-order valence-corrected chi connectivity index (χ3v) is 30.4. The van der Waals surface area contributed by atoms with Gasteiger partial charge >= 0.3 is 0 Å². The van der Waals surface area contributed by atoms with E-state index in [1.807, 2.05) is 0 Å². The molecule has 0 bridgehead atoms. The minimum absolute atomic E-state index is 0.171. The molecule has 22 rings (SSSR count). The van der Waals surface area contributed by atoms with E-state index in [0.29, 0.717) is 0 Å². The number of ether oxygens (including phenoxy) is 1. The number of rotatable bonds is 8. The van der Waals surface area contributed by atoms with Gasteiger partial charge in [-0.05, 0) is 290 Å². The molecule has 0 atom stereocenters. The lowest BCUT2D eigenvalue weighted by molar-refractivity contribution is 0.478. The van der Waals surface area contributed by atoms with E-state index in [1.165, 1.54) is 150 Å². The first-order valence-corrected chi connectivity index (χ1v) is 49.4. The summed E-state index contributed by atoms with van der Waals surface area (Å²) in [5, 5.41) is 0. The van der Waals surface area contributed by atoms with Crippen LogP contribution in [-0.2, 0) is 48.7 Å². The number of benzene rings is 15. The van der Waals surface area contributed by atoms with Gasteiger partial charge in [0, 0.05) is 73.9 Å². The van der Waals surface area contributed by atoms with Crippen molar-refractivity contribution in [3.8, 4) is 56.0 Å². The van der Waals surface area contributed by atoms with Crippen molar-refractivity contribution >= 4 is 155 Å². The highest BCUT2D eigenvalue weighted by atomic mass is 16.5. The molecule has 6 nitrogen and oxygen atoms in total. The van der Waals surface area contributed by atoms with Crippen molar-refractivity contribution in [2.75, 3.05) is 24.5 Å². The molecule has 0 spiro atoms. The zero-order valence-electron chi connectivity index (χ0n) is 84.5. The molecule has 0 amide bonds. The van der Waals surface area contributed by atoms with Crippen LogP contribution < -0.4 is 78.4 Å². The smallest absolute Gasteiger partial charge is 0.252 e. The van der Waals surface area contributed by atoms with Crippen LogP contribution in [0.25, 0.3) is 44.5 Å². The average Bonchev–Trinajstić information content (AvgIpc) is 0.653. The third kappa shape index (κ3) is 14.3. The maximum atomic E-state index is 8.15. The fourth-order valence-electron chi connectivity index (χ4n) is 22.5. The lowest BCUT2D eigenvalue weighted by Crippen LogP contribution is -2.69. The van der Waals surface area contributed by atoms with Crippen LogP contribution in [-0.4, -0.2) is 20.1 Å². The van der Waals surface area contributed by atoms with Crippen LogP contribution in [0.3, 0.4) is 0 Å². The van der Waals surface area contributed by atoms with Crippen molar-refractivity contribution < 1.29 is 4.74 Å². The lowest BCUT2D eigenvalue weighted by atomic mass is 9.27. The Kier molecular flexibility index (Phi) is 19.4. The second kappa shape index (κ2) is 29.9. The van der Waals surface area contributed by atoms with Gasteiger partial charge in [0.15, 0.2) is 11.5 Å². The minimum Gasteiger partial charge on any atom is -0.453 e. The number of nitrogens with zero attached hydrogens (tertiary/aromatic N) is 5. The third-order valence-electron chi connectivity index (χ3n) is 30.4. The van der Waals surface area contributed by atoms with Gasteiger partial charge < -0.3 is 29.2 Å². The van der Waals surface area contributed by atoms with E-state index in [-0.39, 0.29) is 62.2 Å². The SMILES string of the molecule is CC(C)(C)c1cc(N2c3ccc(-c4ccccc4)cc3B3c4cc5c(cc4N(c4cc(C(C)(C)C)cc(C(C)(C)C)c4)c4cc(C(C)(C)C)cc2c43)N(c2cc(C(C)(C)C)cc(C(C)(C)C)c2)c2cc3c4c6c2B5c2cc(-c5ccccc5)cc5c2N6c2c(cc(-c6ccccc6)cc2B4c2cc(-c4ccccc4)ccc2N3c2cc(C(C)(C)C)cc(C(C)(C)C)c2)O5)cc(C(C)(C)C)c1. The summed E-state index contributed by atoms with van der Waals surface area (Å²) < 4.78 is 8.15. The van der Waals surface area contributed by atoms with Crippen LogP contribution in [0.2, 0.25) is 0 Å². The molecular weight excluding hydrogens is 1630 g/mol. The maximum Gasteiger partial charge on any atom is 0.252 e. The Morgan fingerprint density at radius 1 is 0.170 bits per heavy atom. The topological polar surface area (TPSA) is 25.4 Å². The van der Waals surface area contributed by atoms with E-state index in [0.717, 1.165) is 90.6 Å². The quantitative estimate of drug-likeness (QED) is 0.141. The molecule has 7 heterocycles. The van der Waals surface area contributed by atoms with E-state index in [2.05, 4.69) is 497 Å². The summed E-state index contributed by atoms with van der Waals surface area (Å²) in [5.41, 5.74) is 47.5. The van der Waals surface area contributed by atoms with E-state index < -0.39 is 6.71 Å². The number of anilines is 15. The Morgan fingerprint density at radius 2 is 0.407 bits per heavy atom. The summed E-state index contributed by atoms with van der Waals surface area (Å²) >= 11 is 0. The normalized spacial score (nSPS) is 14.6. The van der Waals surface area contributed by atoms with Crippen LogP contribution in [0.5, 0.6) is 11.5 Å². The summed E-state index contributed by atoms with van der Waals surface area (Å²) in [5.74, 6) is 1.69. The predicted molar refractivity (Wildman–Crippen MR) is 584 cm³/mol. The number of hydrogen-bond donors (Lipinski definition) is 0. The second-order valence-electron chi connectivity index (χ2n) is 49.2. The summed E-state index contributed by atoms with van der Waals surface area (Å²) in [7, 11) is 0. The predicted octanol–water partition coefficient (Wildman–Crippen LogP) is 28.9. The molecule has 9 heteroatoms. The molecule has 7 aliphatic heterocycles. The molecule has 0 unspecified atom stereocenters. The van der Waals surface area contributed by atoms with Crippen LogP contribution in [0.15, 0.2) is 285 Å². The summed E-state index contributed by atoms with van der Waals surface area (Å²) in [6.45, 7) is 63.9. The summed E-state index contributed by atoms with van der Waals surface area (Å²) in [6.07, 6.45) is 0. The van der Waals surface area contributed by atoms with Gasteiger partial charge in [0.25, 0.3) is 20.1 Å². The zero-order valence-corrected chi connectivity index (χ0v) is 84.5. The van der Waals surface area contributed by atoms with Crippen molar-refractivity contribution in [2.45, 2.75) is 236 Å². The van der Waals surface area contributed by atoms with Crippen LogP contribution in [0.1, 0.15) is 237 Å². The number of hydrogen-bond acceptors (Lipinski definition) is 6. The van der Waals surface area contributed by atoms with Gasteiger partial charge in [-0.1, -0.05) is 375 Å². The molecule has 0 fully saturated rings. The lowest BCUT2D eigenvalue weighted by Gasteiger charge is -2.53. The first-order valence-electron chi connectivity index (χ1n) is 49.4. The summed E-state index contributed by atoms with van der Waals surface area (Å²) in [4.78, 5) is 13.8. The molecule has 135 heavy (non-hydrogen) atoms. The van der Waals surface area contributed by atoms with Crippen molar-refractivity contribution in [3.05, 3.63) is 335 Å². The van der Waals surface area contributed by atoms with Crippen LogP contribution in [0, 0.1) is 0 Å². The highest BCUT2D eigenvalue weighted by Gasteiger charge is 2.57. The Hall–Kier alpha value is -12.7. The molecule has 0 radical (unpaired) electrons. The highest BCUT2D eigenvalue weighted by Crippen LogP contribution is 2.60. The van der Waals surface area contributed by atoms with Gasteiger partial charge in [0.1, 0.15) is 0 Å². The first kappa shape index (κ1) is 87.6. The van der Waals surface area contributed by atoms with E-state index in [4.69, 9.17) is 4.74 Å². The van der Waals surface area contributed by atoms with E-state index >= 15 is 0 Å². The largest absolute Gasteiger partial charge is 0.453 e. The molecular formula is C126H128B3N5O. The Bertz CT molecular complexity index is 7340. The van der Waals surface area contributed by atoms with Crippen molar-refractivity contribution in [3.63, 3.8) is 0 Å². The van der Waals surface area contributed by atoms with E-state index in [9.17, 15) is 0 Å². The standard InChI is InChI=1S/C126H128B3N5O/c1-118(2,3)83-58-84(119(4,5)6)63-92(62-83)130-102-50-48-79(75-40-32-28-33-41-75)52-96(102)127-98-72-99-105(73-104(98)132(107-71-91(126(25,26)27)70-106(130)112(107)127)94-66-87(122(13,14)15)60-88(67-94)123(16,17)18)133(95-68-89(124(19,20)21)61-90(69-95)125(22,23)24)109-74-108-113-117-114(109)129(99)101-55-82(78-46-38-31-39-47-78)57-111-116(101)134(117)115-100(54-81(56-110(115)135-111)77-44-36-30-37-45-77)128(113)97-53-80(76-42-34-29-35-43-76)49-51-103(97)131(108)93-64-85(120(7,8)9)59-86(65-93)121(10,11)12/h28-74H,1-27H3. The Morgan fingerprint density at radius 3 is 0.696 bits per heavy atom. The van der Waals surface area contributed by atoms with Crippen LogP contribution in [0.4, 0.5) is 85.3 Å². The Balaban J connectivity index is 0.955. The summed E-state index contributed by atoms with van der Waals surface area (Å²) in [6, 6.07) is 113. The fourth-order valence-corrected chi connectivity index (χ4v) is 22.5. The van der Waals surface area contributed by atoms with Crippen molar-refractivity contribution in [2.24, 2.45) is 0 Å². The van der Waals surface area contributed by atoms with Crippen molar-refractivity contribution in [1.82, 2.24) is 0 Å². The van der Waals surface area contributed by atoms with Gasteiger partial charge in [-0.15, -0.1) is 0 Å². The minimum atomic E-state index is -0.392. The average molecular weight is 1760 g/mol. The fraction of sp³-hybridized carbons (Fsp3) is 0.286. The Labute approximate surface area is 805 Å². The van der Waals surface area contributed by atoms with Crippen molar-refractivity contribution in [1.29, 1.82) is 0 Å². The zero-order chi connectivity index (χ0) is 94.9. The van der Waals surface area contributed by atoms with Gasteiger partial charge in [-0.3, -0.25) is 0 Å². The number of fused-ring (bicyclic) bond motifs is 10. The van der Waals surface area contributed by atoms with Gasteiger partial charge in [0.2, 0.25) is 0 Å². The van der Waals surface area contributed by atoms with E-state index in [1.54, 1.807) is 0 Å². The first-order chi connectivity index (χ1) is 63.6. The van der Waals surface area contributed by atoms with Gasteiger partial charge in [0.05, 0.1) is 11.4 Å². The maximum absolute atomic E-state index is 8.15.